The number of benzene rings is 1. The third kappa shape index (κ3) is 3.78. The molecule has 2 aromatic rings. The molecule has 2 N–H and O–H groups in total. The Hall–Kier alpha value is -2.25. The van der Waals surface area contributed by atoms with Crippen LogP contribution in [0.25, 0.3) is 0 Å². The van der Waals surface area contributed by atoms with Gasteiger partial charge in [-0.15, -0.1) is 0 Å². The van der Waals surface area contributed by atoms with Crippen molar-refractivity contribution in [2.45, 2.75) is 24.4 Å². The summed E-state index contributed by atoms with van der Waals surface area (Å²) >= 11 is 0. The zero-order valence-electron chi connectivity index (χ0n) is 15.3. The summed E-state index contributed by atoms with van der Waals surface area (Å²) < 4.78 is 15.4. The first-order valence-corrected chi connectivity index (χ1v) is 8.94. The van der Waals surface area contributed by atoms with Gasteiger partial charge in [-0.1, -0.05) is 12.1 Å². The number of carbonyl (C=O) groups excluding carboxylic acids is 1. The molecule has 1 aromatic heterocycles. The van der Waals surface area contributed by atoms with Gasteiger partial charge in [-0.2, -0.15) is 5.10 Å². The summed E-state index contributed by atoms with van der Waals surface area (Å²) in [5, 5.41) is 10.7. The number of likely N-dealkylation sites (N-methyl/N-ethyl adjacent to an activating group) is 1. The number of hydrogen-bond acceptors (Lipinski definition) is 4. The molecule has 1 atom stereocenters. The lowest BCUT2D eigenvalue weighted by atomic mass is 9.87. The molecule has 0 spiro atoms. The van der Waals surface area contributed by atoms with E-state index in [0.717, 1.165) is 18.7 Å². The Labute approximate surface area is 153 Å². The SMILES string of the molecule is CN(C)C(CNC(=O)C1(n2cccn2)CCNCC1)c1cccc(F)c1. The Morgan fingerprint density at radius 1 is 1.38 bits per heavy atom. The van der Waals surface area contributed by atoms with Gasteiger partial charge in [0.1, 0.15) is 11.4 Å². The minimum absolute atomic E-state index is 0.0362. The lowest BCUT2D eigenvalue weighted by molar-refractivity contribution is -0.132. The summed E-state index contributed by atoms with van der Waals surface area (Å²) in [7, 11) is 3.85. The van der Waals surface area contributed by atoms with Crippen LogP contribution in [0.1, 0.15) is 24.4 Å². The fourth-order valence-corrected chi connectivity index (χ4v) is 3.59. The molecule has 140 valence electrons. The van der Waals surface area contributed by atoms with E-state index in [1.165, 1.54) is 12.1 Å². The predicted octanol–water partition coefficient (Wildman–Crippen LogP) is 1.52. The fourth-order valence-electron chi connectivity index (χ4n) is 3.59. The summed E-state index contributed by atoms with van der Waals surface area (Å²) in [4.78, 5) is 15.1. The van der Waals surface area contributed by atoms with E-state index in [9.17, 15) is 9.18 Å². The zero-order chi connectivity index (χ0) is 18.6. The van der Waals surface area contributed by atoms with Crippen LogP contribution in [0.4, 0.5) is 4.39 Å². The second-order valence-corrected chi connectivity index (χ2v) is 6.98. The van der Waals surface area contributed by atoms with E-state index < -0.39 is 5.54 Å². The van der Waals surface area contributed by atoms with Crippen LogP contribution in [0.3, 0.4) is 0 Å². The highest BCUT2D eigenvalue weighted by molar-refractivity contribution is 5.84. The van der Waals surface area contributed by atoms with E-state index in [1.807, 2.05) is 37.3 Å². The van der Waals surface area contributed by atoms with Crippen molar-refractivity contribution in [3.8, 4) is 0 Å². The molecule has 6 nitrogen and oxygen atoms in total. The molecular weight excluding hydrogens is 333 g/mol. The molecule has 0 aliphatic carbocycles. The molecule has 1 amide bonds. The maximum absolute atomic E-state index is 13.6. The summed E-state index contributed by atoms with van der Waals surface area (Å²) in [5.41, 5.74) is 0.168. The number of halogens is 1. The molecule has 1 aliphatic rings. The largest absolute Gasteiger partial charge is 0.352 e. The Kier molecular flexibility index (Phi) is 5.68. The molecular formula is C19H26FN5O. The van der Waals surface area contributed by atoms with Crippen LogP contribution in [0.5, 0.6) is 0 Å². The maximum Gasteiger partial charge on any atom is 0.248 e. The topological polar surface area (TPSA) is 62.2 Å². The summed E-state index contributed by atoms with van der Waals surface area (Å²) in [6.45, 7) is 1.95. The Bertz CT molecular complexity index is 725. The van der Waals surface area contributed by atoms with Crippen LogP contribution in [0.2, 0.25) is 0 Å². The van der Waals surface area contributed by atoms with E-state index in [2.05, 4.69) is 15.7 Å². The van der Waals surface area contributed by atoms with Crippen molar-refractivity contribution >= 4 is 5.91 Å². The molecule has 0 bridgehead atoms. The van der Waals surface area contributed by atoms with Gasteiger partial charge < -0.3 is 15.5 Å². The molecule has 26 heavy (non-hydrogen) atoms. The van der Waals surface area contributed by atoms with Crippen LogP contribution in [-0.2, 0) is 10.3 Å². The molecule has 1 fully saturated rings. The second-order valence-electron chi connectivity index (χ2n) is 6.98. The van der Waals surface area contributed by atoms with Gasteiger partial charge in [0.2, 0.25) is 5.91 Å². The van der Waals surface area contributed by atoms with Crippen molar-refractivity contribution < 1.29 is 9.18 Å². The minimum atomic E-state index is -0.673. The van der Waals surface area contributed by atoms with Gasteiger partial charge in [-0.25, -0.2) is 4.39 Å². The lowest BCUT2D eigenvalue weighted by Crippen LogP contribution is -2.55. The number of carbonyl (C=O) groups is 1. The van der Waals surface area contributed by atoms with Crippen LogP contribution in [0.15, 0.2) is 42.7 Å². The monoisotopic (exact) mass is 359 g/mol. The number of amides is 1. The molecule has 1 aromatic carbocycles. The molecule has 3 rings (SSSR count). The van der Waals surface area contributed by atoms with Gasteiger partial charge >= 0.3 is 0 Å². The predicted molar refractivity (Wildman–Crippen MR) is 98.1 cm³/mol. The lowest BCUT2D eigenvalue weighted by Gasteiger charge is -2.37. The first kappa shape index (κ1) is 18.5. The Balaban J connectivity index is 1.76. The smallest absolute Gasteiger partial charge is 0.248 e. The number of rotatable bonds is 6. The third-order valence-electron chi connectivity index (χ3n) is 5.11. The van der Waals surface area contributed by atoms with Crippen molar-refractivity contribution in [2.75, 3.05) is 33.7 Å². The van der Waals surface area contributed by atoms with Crippen molar-refractivity contribution in [1.82, 2.24) is 25.3 Å². The minimum Gasteiger partial charge on any atom is -0.352 e. The average molecular weight is 359 g/mol. The molecule has 1 aliphatic heterocycles. The number of nitrogens with zero attached hydrogens (tertiary/aromatic N) is 3. The molecule has 7 heteroatoms. The van der Waals surface area contributed by atoms with Crippen LogP contribution in [-0.4, -0.2) is 54.3 Å². The number of aromatic nitrogens is 2. The van der Waals surface area contributed by atoms with Gasteiger partial charge in [-0.05, 0) is 63.8 Å². The molecule has 0 radical (unpaired) electrons. The number of nitrogens with one attached hydrogen (secondary N) is 2. The highest BCUT2D eigenvalue weighted by atomic mass is 19.1. The number of hydrogen-bond donors (Lipinski definition) is 2. The van der Waals surface area contributed by atoms with E-state index in [1.54, 1.807) is 16.9 Å². The Morgan fingerprint density at radius 3 is 2.77 bits per heavy atom. The third-order valence-corrected chi connectivity index (χ3v) is 5.11. The quantitative estimate of drug-likeness (QED) is 0.821. The van der Waals surface area contributed by atoms with Gasteiger partial charge in [0.05, 0.1) is 6.04 Å². The van der Waals surface area contributed by atoms with Gasteiger partial charge in [0, 0.05) is 18.9 Å². The molecule has 2 heterocycles. The normalized spacial score (nSPS) is 17.8. The summed E-state index contributed by atoms with van der Waals surface area (Å²) in [5.74, 6) is -0.307. The van der Waals surface area contributed by atoms with Gasteiger partial charge in [0.15, 0.2) is 0 Å². The average Bonchev–Trinajstić information content (AvgIpc) is 3.17. The van der Waals surface area contributed by atoms with E-state index in [0.29, 0.717) is 19.4 Å². The van der Waals surface area contributed by atoms with Crippen LogP contribution < -0.4 is 10.6 Å². The van der Waals surface area contributed by atoms with Crippen molar-refractivity contribution in [3.05, 3.63) is 54.1 Å². The van der Waals surface area contributed by atoms with Crippen molar-refractivity contribution in [3.63, 3.8) is 0 Å². The first-order valence-electron chi connectivity index (χ1n) is 8.94. The molecule has 0 saturated carbocycles. The van der Waals surface area contributed by atoms with Crippen molar-refractivity contribution in [2.24, 2.45) is 0 Å². The Morgan fingerprint density at radius 2 is 2.15 bits per heavy atom. The van der Waals surface area contributed by atoms with Gasteiger partial charge in [0.25, 0.3) is 0 Å². The highest BCUT2D eigenvalue weighted by Crippen LogP contribution is 2.27. The molecule has 1 saturated heterocycles. The van der Waals surface area contributed by atoms with Crippen molar-refractivity contribution in [1.29, 1.82) is 0 Å². The van der Waals surface area contributed by atoms with Crippen LogP contribution in [0, 0.1) is 5.82 Å². The zero-order valence-corrected chi connectivity index (χ0v) is 15.3. The first-order chi connectivity index (χ1) is 12.5. The summed E-state index contributed by atoms with van der Waals surface area (Å²) in [6, 6.07) is 8.26. The standard InChI is InChI=1S/C19H26FN5O/c1-24(2)17(15-5-3-6-16(20)13-15)14-22-18(26)19(7-10-21-11-8-19)25-12-4-9-23-25/h3-6,9,12-13,17,21H,7-8,10-11,14H2,1-2H3,(H,22,26). The number of piperidine rings is 1. The van der Waals surface area contributed by atoms with Gasteiger partial charge in [-0.3, -0.25) is 9.48 Å². The fraction of sp³-hybridized carbons (Fsp3) is 0.474. The van der Waals surface area contributed by atoms with E-state index in [4.69, 9.17) is 0 Å². The highest BCUT2D eigenvalue weighted by Gasteiger charge is 2.42. The van der Waals surface area contributed by atoms with E-state index in [-0.39, 0.29) is 17.8 Å². The summed E-state index contributed by atoms with van der Waals surface area (Å²) in [6.07, 6.45) is 4.92. The second kappa shape index (κ2) is 7.97. The maximum atomic E-state index is 13.6. The van der Waals surface area contributed by atoms with E-state index >= 15 is 0 Å². The van der Waals surface area contributed by atoms with Crippen LogP contribution >= 0.6 is 0 Å². The molecule has 1 unspecified atom stereocenters.